The van der Waals surface area contributed by atoms with Crippen LogP contribution in [0.2, 0.25) is 0 Å². The van der Waals surface area contributed by atoms with Gasteiger partial charge in [0.1, 0.15) is 0 Å². The number of nitrogens with zero attached hydrogens (tertiary/aromatic N) is 2. The van der Waals surface area contributed by atoms with Crippen molar-refractivity contribution < 1.29 is 13.6 Å². The average Bonchev–Trinajstić information content (AvgIpc) is 3.14. The first-order chi connectivity index (χ1) is 12.3. The van der Waals surface area contributed by atoms with E-state index in [9.17, 15) is 13.6 Å². The van der Waals surface area contributed by atoms with E-state index in [0.29, 0.717) is 30.0 Å². The number of fused-ring (bicyclic) bond motifs is 1. The summed E-state index contributed by atoms with van der Waals surface area (Å²) in [5.41, 5.74) is 6.01. The van der Waals surface area contributed by atoms with Crippen LogP contribution in [-0.4, -0.2) is 43.0 Å². The third-order valence-corrected chi connectivity index (χ3v) is 6.13. The summed E-state index contributed by atoms with van der Waals surface area (Å²) in [5, 5.41) is 0. The minimum atomic E-state index is -0.807. The normalized spacial score (nSPS) is 26.6. The zero-order chi connectivity index (χ0) is 19.0. The smallest absolute Gasteiger partial charge is 0.234 e. The first-order valence-electron chi connectivity index (χ1n) is 9.49. The number of halogens is 2. The molecular formula is C20H29F2N3O. The molecule has 144 valence electrons. The van der Waals surface area contributed by atoms with E-state index in [1.807, 2.05) is 11.9 Å². The Morgan fingerprint density at radius 3 is 2.69 bits per heavy atom. The summed E-state index contributed by atoms with van der Waals surface area (Å²) < 4.78 is 27.8. The third kappa shape index (κ3) is 3.56. The van der Waals surface area contributed by atoms with E-state index in [0.717, 1.165) is 31.9 Å². The molecule has 1 aromatic carbocycles. The quantitative estimate of drug-likeness (QED) is 0.843. The summed E-state index contributed by atoms with van der Waals surface area (Å²) in [7, 11) is 1.98. The molecule has 0 bridgehead atoms. The van der Waals surface area contributed by atoms with Gasteiger partial charge in [-0.3, -0.25) is 9.69 Å². The standard InChI is InChI=1S/C20H29F2N3O/c1-12(2)9-18(20(23)26)24(3)16-8-7-13-10-25(11-14(13)16)17-6-4-5-15(21)19(17)22/h4-6,12-14,16,18H,7-11H2,1-3H3,(H2,23,26)/t13-,14+,16+,18+/m1/s1. The molecule has 0 spiro atoms. The van der Waals surface area contributed by atoms with Crippen molar-refractivity contribution in [2.75, 3.05) is 25.0 Å². The van der Waals surface area contributed by atoms with E-state index in [-0.39, 0.29) is 18.0 Å². The minimum Gasteiger partial charge on any atom is -0.368 e. The van der Waals surface area contributed by atoms with Crippen molar-refractivity contribution in [2.24, 2.45) is 23.5 Å². The molecule has 1 aromatic rings. The van der Waals surface area contributed by atoms with E-state index >= 15 is 0 Å². The Morgan fingerprint density at radius 1 is 1.31 bits per heavy atom. The summed E-state index contributed by atoms with van der Waals surface area (Å²) >= 11 is 0. The van der Waals surface area contributed by atoms with Gasteiger partial charge in [-0.2, -0.15) is 0 Å². The van der Waals surface area contributed by atoms with Gasteiger partial charge in [0.25, 0.3) is 0 Å². The first kappa shape index (κ1) is 19.1. The number of nitrogens with two attached hydrogens (primary N) is 1. The summed E-state index contributed by atoms with van der Waals surface area (Å²) in [6, 6.07) is 4.31. The number of carbonyl (C=O) groups is 1. The van der Waals surface area contributed by atoms with E-state index in [1.54, 1.807) is 12.1 Å². The lowest BCUT2D eigenvalue weighted by atomic mass is 9.94. The van der Waals surface area contributed by atoms with Crippen molar-refractivity contribution in [1.82, 2.24) is 4.90 Å². The van der Waals surface area contributed by atoms with Crippen molar-refractivity contribution in [1.29, 1.82) is 0 Å². The molecule has 0 radical (unpaired) electrons. The van der Waals surface area contributed by atoms with E-state index in [2.05, 4.69) is 18.7 Å². The lowest BCUT2D eigenvalue weighted by molar-refractivity contribution is -0.124. The van der Waals surface area contributed by atoms with Gasteiger partial charge in [-0.05, 0) is 56.2 Å². The Morgan fingerprint density at radius 2 is 2.04 bits per heavy atom. The molecule has 3 rings (SSSR count). The molecule has 0 unspecified atom stereocenters. The second-order valence-electron chi connectivity index (χ2n) is 8.26. The summed E-state index contributed by atoms with van der Waals surface area (Å²) in [4.78, 5) is 16.1. The molecule has 2 fully saturated rings. The number of primary amides is 1. The summed E-state index contributed by atoms with van der Waals surface area (Å²) in [5.74, 6) is -0.690. The van der Waals surface area contributed by atoms with Crippen molar-refractivity contribution in [3.05, 3.63) is 29.8 Å². The number of hydrogen-bond acceptors (Lipinski definition) is 3. The molecule has 1 saturated heterocycles. The highest BCUT2D eigenvalue weighted by Gasteiger charge is 2.46. The Hall–Kier alpha value is -1.69. The number of amides is 1. The number of hydrogen-bond donors (Lipinski definition) is 1. The van der Waals surface area contributed by atoms with Gasteiger partial charge in [-0.15, -0.1) is 0 Å². The molecule has 26 heavy (non-hydrogen) atoms. The molecule has 6 heteroatoms. The van der Waals surface area contributed by atoms with Crippen LogP contribution in [0, 0.1) is 29.4 Å². The van der Waals surface area contributed by atoms with Crippen LogP contribution in [0.4, 0.5) is 14.5 Å². The highest BCUT2D eigenvalue weighted by molar-refractivity contribution is 5.79. The molecule has 4 nitrogen and oxygen atoms in total. The van der Waals surface area contributed by atoms with E-state index in [1.165, 1.54) is 0 Å². The molecule has 1 heterocycles. The van der Waals surface area contributed by atoms with E-state index in [4.69, 9.17) is 5.73 Å². The Kier molecular flexibility index (Phi) is 5.51. The molecule has 2 N–H and O–H groups in total. The zero-order valence-electron chi connectivity index (χ0n) is 15.8. The fourth-order valence-electron chi connectivity index (χ4n) is 4.84. The van der Waals surface area contributed by atoms with Crippen molar-refractivity contribution in [2.45, 2.75) is 45.2 Å². The number of carbonyl (C=O) groups excluding carboxylic acids is 1. The maximum Gasteiger partial charge on any atom is 0.234 e. The molecule has 1 amide bonds. The predicted octanol–water partition coefficient (Wildman–Crippen LogP) is 3.01. The highest BCUT2D eigenvalue weighted by atomic mass is 19.2. The fourth-order valence-corrected chi connectivity index (χ4v) is 4.84. The Balaban J connectivity index is 1.75. The van der Waals surface area contributed by atoms with E-state index < -0.39 is 11.6 Å². The average molecular weight is 365 g/mol. The maximum absolute atomic E-state index is 14.2. The number of rotatable bonds is 6. The third-order valence-electron chi connectivity index (χ3n) is 6.13. The lowest BCUT2D eigenvalue weighted by Crippen LogP contribution is -2.50. The molecule has 1 aliphatic heterocycles. The highest BCUT2D eigenvalue weighted by Crippen LogP contribution is 2.43. The number of likely N-dealkylation sites (N-methyl/N-ethyl adjacent to an activating group) is 1. The van der Waals surface area contributed by atoms with Crippen LogP contribution in [0.15, 0.2) is 18.2 Å². The Bertz CT molecular complexity index is 666. The summed E-state index contributed by atoms with van der Waals surface area (Å²) in [6.45, 7) is 5.60. The molecule has 1 aliphatic carbocycles. The van der Waals surface area contributed by atoms with Crippen LogP contribution < -0.4 is 10.6 Å². The van der Waals surface area contributed by atoms with Crippen molar-refractivity contribution in [3.8, 4) is 0 Å². The second kappa shape index (κ2) is 7.51. The minimum absolute atomic E-state index is 0.248. The maximum atomic E-state index is 14.2. The topological polar surface area (TPSA) is 49.6 Å². The van der Waals surface area contributed by atoms with Crippen LogP contribution in [-0.2, 0) is 4.79 Å². The van der Waals surface area contributed by atoms with Crippen LogP contribution in [0.25, 0.3) is 0 Å². The molecule has 2 aliphatic rings. The largest absolute Gasteiger partial charge is 0.368 e. The van der Waals surface area contributed by atoms with Gasteiger partial charge in [-0.1, -0.05) is 19.9 Å². The molecule has 4 atom stereocenters. The van der Waals surface area contributed by atoms with Crippen molar-refractivity contribution in [3.63, 3.8) is 0 Å². The fraction of sp³-hybridized carbons (Fsp3) is 0.650. The SMILES string of the molecule is CC(C)C[C@@H](C(N)=O)N(C)[C@H]1CC[C@@H]2CN(c3cccc(F)c3F)C[C@@H]21. The molecule has 0 aromatic heterocycles. The van der Waals surface area contributed by atoms with Crippen LogP contribution in [0.3, 0.4) is 0 Å². The zero-order valence-corrected chi connectivity index (χ0v) is 15.8. The number of benzene rings is 1. The monoisotopic (exact) mass is 365 g/mol. The van der Waals surface area contributed by atoms with Gasteiger partial charge >= 0.3 is 0 Å². The van der Waals surface area contributed by atoms with Gasteiger partial charge < -0.3 is 10.6 Å². The molecule has 1 saturated carbocycles. The number of anilines is 1. The van der Waals surface area contributed by atoms with Gasteiger partial charge in [0, 0.05) is 19.1 Å². The van der Waals surface area contributed by atoms with Crippen LogP contribution >= 0.6 is 0 Å². The lowest BCUT2D eigenvalue weighted by Gasteiger charge is -2.35. The van der Waals surface area contributed by atoms with Crippen LogP contribution in [0.1, 0.15) is 33.1 Å². The Labute approximate surface area is 154 Å². The van der Waals surface area contributed by atoms with Gasteiger partial charge in [0.2, 0.25) is 5.91 Å². The van der Waals surface area contributed by atoms with Gasteiger partial charge in [0.15, 0.2) is 11.6 Å². The van der Waals surface area contributed by atoms with Crippen LogP contribution in [0.5, 0.6) is 0 Å². The predicted molar refractivity (Wildman–Crippen MR) is 98.8 cm³/mol. The van der Waals surface area contributed by atoms with Gasteiger partial charge in [-0.25, -0.2) is 8.78 Å². The second-order valence-corrected chi connectivity index (χ2v) is 8.26. The molecular weight excluding hydrogens is 336 g/mol. The summed E-state index contributed by atoms with van der Waals surface area (Å²) in [6.07, 6.45) is 2.80. The first-order valence-corrected chi connectivity index (χ1v) is 9.49. The van der Waals surface area contributed by atoms with Crippen molar-refractivity contribution >= 4 is 11.6 Å². The van der Waals surface area contributed by atoms with Gasteiger partial charge in [0.05, 0.1) is 11.7 Å².